The Bertz CT molecular complexity index is 1220. The molecule has 1 N–H and O–H groups in total. The number of amides is 1. The van der Waals surface area contributed by atoms with Gasteiger partial charge in [0.2, 0.25) is 11.9 Å². The Labute approximate surface area is 217 Å². The van der Waals surface area contributed by atoms with Gasteiger partial charge in [-0.1, -0.05) is 24.2 Å². The molecular formula is C27H34ClN7O. The smallest absolute Gasteiger partial charge is 0.245 e. The van der Waals surface area contributed by atoms with E-state index >= 15 is 0 Å². The second-order valence-corrected chi connectivity index (χ2v) is 10.5. The second-order valence-electron chi connectivity index (χ2n) is 10.1. The highest BCUT2D eigenvalue weighted by atomic mass is 35.5. The molecule has 1 saturated carbocycles. The lowest BCUT2D eigenvalue weighted by Gasteiger charge is -2.39. The molecule has 4 heterocycles. The first-order chi connectivity index (χ1) is 17.5. The van der Waals surface area contributed by atoms with Crippen molar-refractivity contribution in [1.29, 1.82) is 0 Å². The average Bonchev–Trinajstić information content (AvgIpc) is 3.34. The third-order valence-electron chi connectivity index (χ3n) is 7.68. The Morgan fingerprint density at radius 3 is 2.89 bits per heavy atom. The van der Waals surface area contributed by atoms with Gasteiger partial charge in [0, 0.05) is 43.5 Å². The van der Waals surface area contributed by atoms with Crippen LogP contribution in [0.25, 0.3) is 16.8 Å². The Morgan fingerprint density at radius 2 is 2.08 bits per heavy atom. The number of hydrogen-bond acceptors (Lipinski definition) is 6. The third kappa shape index (κ3) is 5.39. The van der Waals surface area contributed by atoms with Crippen molar-refractivity contribution in [3.63, 3.8) is 0 Å². The summed E-state index contributed by atoms with van der Waals surface area (Å²) in [6.07, 6.45) is 13.5. The highest BCUT2D eigenvalue weighted by Gasteiger charge is 2.29. The molecule has 5 rings (SSSR count). The summed E-state index contributed by atoms with van der Waals surface area (Å²) >= 11 is 6.50. The minimum atomic E-state index is 0.0529. The number of carbonyl (C=O) groups is 1. The fourth-order valence-corrected chi connectivity index (χ4v) is 5.83. The molecule has 8 nitrogen and oxygen atoms in total. The number of rotatable bonds is 7. The van der Waals surface area contributed by atoms with Crippen LogP contribution in [0.3, 0.4) is 0 Å². The second kappa shape index (κ2) is 11.0. The summed E-state index contributed by atoms with van der Waals surface area (Å²) in [4.78, 5) is 25.6. The SMILES string of the molecule is C=CC(=O)N1CCC(CN(C)[C@H]2CCC[C@@H](Nc3ncc(Cl)c(-c4cnn5ccccc45)n3)C2)CC1. The van der Waals surface area contributed by atoms with Gasteiger partial charge in [-0.2, -0.15) is 5.10 Å². The van der Waals surface area contributed by atoms with Gasteiger partial charge in [-0.15, -0.1) is 0 Å². The molecule has 190 valence electrons. The van der Waals surface area contributed by atoms with E-state index in [1.54, 1.807) is 12.4 Å². The van der Waals surface area contributed by atoms with E-state index in [9.17, 15) is 4.79 Å². The van der Waals surface area contributed by atoms with Crippen LogP contribution in [0.4, 0.5) is 5.95 Å². The van der Waals surface area contributed by atoms with E-state index in [1.165, 1.54) is 18.9 Å². The molecule has 3 aromatic heterocycles. The quantitative estimate of drug-likeness (QED) is 0.473. The van der Waals surface area contributed by atoms with E-state index in [4.69, 9.17) is 16.6 Å². The number of aromatic nitrogens is 4. The van der Waals surface area contributed by atoms with E-state index < -0.39 is 0 Å². The van der Waals surface area contributed by atoms with Gasteiger partial charge in [-0.05, 0) is 69.7 Å². The standard InChI is InChI=1S/C27H34ClN7O/c1-3-25(36)34-13-10-19(11-14-34)18-33(2)21-8-6-7-20(15-21)31-27-29-17-23(28)26(32-27)22-16-30-35-12-5-4-9-24(22)35/h3-5,9,12,16-17,19-21H,1,6-8,10-11,13-15,18H2,2H3,(H,29,31,32)/t20-,21+/m1/s1. The van der Waals surface area contributed by atoms with Crippen LogP contribution >= 0.6 is 11.6 Å². The van der Waals surface area contributed by atoms with Crippen molar-refractivity contribution in [3.8, 4) is 11.3 Å². The van der Waals surface area contributed by atoms with Crippen LogP contribution < -0.4 is 5.32 Å². The summed E-state index contributed by atoms with van der Waals surface area (Å²) in [5, 5.41) is 8.52. The van der Waals surface area contributed by atoms with Gasteiger partial charge in [-0.3, -0.25) is 4.79 Å². The monoisotopic (exact) mass is 507 g/mol. The molecule has 2 atom stereocenters. The summed E-state index contributed by atoms with van der Waals surface area (Å²) in [6.45, 7) is 6.35. The largest absolute Gasteiger partial charge is 0.351 e. The van der Waals surface area contributed by atoms with Gasteiger partial charge in [0.1, 0.15) is 0 Å². The zero-order valence-electron chi connectivity index (χ0n) is 20.8. The van der Waals surface area contributed by atoms with E-state index in [-0.39, 0.29) is 5.91 Å². The maximum absolute atomic E-state index is 11.9. The summed E-state index contributed by atoms with van der Waals surface area (Å²) in [6, 6.07) is 6.78. The van der Waals surface area contributed by atoms with Crippen molar-refractivity contribution in [3.05, 3.63) is 54.5 Å². The lowest BCUT2D eigenvalue weighted by molar-refractivity contribution is -0.127. The first kappa shape index (κ1) is 24.7. The molecule has 1 amide bonds. The molecule has 36 heavy (non-hydrogen) atoms. The first-order valence-corrected chi connectivity index (χ1v) is 13.2. The van der Waals surface area contributed by atoms with Gasteiger partial charge < -0.3 is 15.1 Å². The molecule has 0 radical (unpaired) electrons. The number of anilines is 1. The Kier molecular flexibility index (Phi) is 7.53. The van der Waals surface area contributed by atoms with Gasteiger partial charge in [0.15, 0.2) is 0 Å². The van der Waals surface area contributed by atoms with E-state index in [2.05, 4.69) is 33.9 Å². The molecule has 0 spiro atoms. The molecule has 9 heteroatoms. The van der Waals surface area contributed by atoms with Crippen LogP contribution in [-0.4, -0.2) is 74.1 Å². The average molecular weight is 508 g/mol. The molecule has 2 aliphatic rings. The number of nitrogens with zero attached hydrogens (tertiary/aromatic N) is 6. The predicted octanol–water partition coefficient (Wildman–Crippen LogP) is 4.52. The number of likely N-dealkylation sites (tertiary alicyclic amines) is 1. The van der Waals surface area contributed by atoms with Crippen molar-refractivity contribution in [2.24, 2.45) is 5.92 Å². The highest BCUT2D eigenvalue weighted by molar-refractivity contribution is 6.33. The number of fused-ring (bicyclic) bond motifs is 1. The molecule has 3 aromatic rings. The van der Waals surface area contributed by atoms with Gasteiger partial charge in [0.05, 0.1) is 28.6 Å². The predicted molar refractivity (Wildman–Crippen MR) is 143 cm³/mol. The number of carbonyl (C=O) groups excluding carboxylic acids is 1. The van der Waals surface area contributed by atoms with Crippen LogP contribution in [0.2, 0.25) is 5.02 Å². The fraction of sp³-hybridized carbons (Fsp3) is 0.481. The molecule has 2 fully saturated rings. The van der Waals surface area contributed by atoms with Crippen molar-refractivity contribution in [2.75, 3.05) is 32.0 Å². The zero-order chi connectivity index (χ0) is 25.1. The highest BCUT2D eigenvalue weighted by Crippen LogP contribution is 2.31. The summed E-state index contributed by atoms with van der Waals surface area (Å²) < 4.78 is 1.82. The number of piperidine rings is 1. The number of pyridine rings is 1. The first-order valence-electron chi connectivity index (χ1n) is 12.8. The van der Waals surface area contributed by atoms with Crippen LogP contribution in [0.15, 0.2) is 49.4 Å². The van der Waals surface area contributed by atoms with Crippen molar-refractivity contribution >= 4 is 29.0 Å². The molecule has 0 bridgehead atoms. The molecule has 0 unspecified atom stereocenters. The molecule has 1 aliphatic carbocycles. The molecular weight excluding hydrogens is 474 g/mol. The summed E-state index contributed by atoms with van der Waals surface area (Å²) in [7, 11) is 2.25. The maximum atomic E-state index is 11.9. The third-order valence-corrected chi connectivity index (χ3v) is 7.95. The Balaban J connectivity index is 1.20. The number of halogens is 1. The molecule has 0 aromatic carbocycles. The van der Waals surface area contributed by atoms with Crippen molar-refractivity contribution in [2.45, 2.75) is 50.6 Å². The normalized spacial score (nSPS) is 21.1. The molecule has 1 saturated heterocycles. The van der Waals surface area contributed by atoms with Crippen molar-refractivity contribution in [1.82, 2.24) is 29.4 Å². The van der Waals surface area contributed by atoms with Gasteiger partial charge in [0.25, 0.3) is 0 Å². The summed E-state index contributed by atoms with van der Waals surface area (Å²) in [5.41, 5.74) is 2.55. The minimum Gasteiger partial charge on any atom is -0.351 e. The van der Waals surface area contributed by atoms with Crippen LogP contribution in [0.1, 0.15) is 38.5 Å². The number of nitrogens with one attached hydrogen (secondary N) is 1. The maximum Gasteiger partial charge on any atom is 0.245 e. The van der Waals surface area contributed by atoms with E-state index in [1.807, 2.05) is 33.8 Å². The lowest BCUT2D eigenvalue weighted by Crippen LogP contribution is -2.45. The lowest BCUT2D eigenvalue weighted by atomic mass is 9.88. The topological polar surface area (TPSA) is 78.7 Å². The Morgan fingerprint density at radius 1 is 1.25 bits per heavy atom. The summed E-state index contributed by atoms with van der Waals surface area (Å²) in [5.74, 6) is 1.29. The van der Waals surface area contributed by atoms with Gasteiger partial charge >= 0.3 is 0 Å². The van der Waals surface area contributed by atoms with Crippen LogP contribution in [-0.2, 0) is 4.79 Å². The number of hydrogen-bond donors (Lipinski definition) is 1. The fourth-order valence-electron chi connectivity index (χ4n) is 5.64. The minimum absolute atomic E-state index is 0.0529. The van der Waals surface area contributed by atoms with Crippen molar-refractivity contribution < 1.29 is 4.79 Å². The van der Waals surface area contributed by atoms with E-state index in [0.29, 0.717) is 34.7 Å². The zero-order valence-corrected chi connectivity index (χ0v) is 21.6. The Hall–Kier alpha value is -2.97. The van der Waals surface area contributed by atoms with Gasteiger partial charge in [-0.25, -0.2) is 14.5 Å². The molecule has 1 aliphatic heterocycles. The van der Waals surface area contributed by atoms with Crippen LogP contribution in [0, 0.1) is 5.92 Å². The van der Waals surface area contributed by atoms with Crippen LogP contribution in [0.5, 0.6) is 0 Å². The van der Waals surface area contributed by atoms with E-state index in [0.717, 1.165) is 56.4 Å².